The summed E-state index contributed by atoms with van der Waals surface area (Å²) in [6.07, 6.45) is 8.57. The standard InChI is InChI=1S/C10H17N.2Na.2H/c11-10-4-7-1-8(5-10)3-9(2-7)6-10;;;;/h7-9H,1-6,11H2;;;;. The third kappa shape index (κ3) is 2.38. The van der Waals surface area contributed by atoms with E-state index < -0.39 is 0 Å². The summed E-state index contributed by atoms with van der Waals surface area (Å²) in [7, 11) is 0. The predicted octanol–water partition coefficient (Wildman–Crippen LogP) is 0.617. The Bertz CT molecular complexity index is 158. The van der Waals surface area contributed by atoms with Gasteiger partial charge in [0.1, 0.15) is 0 Å². The molecule has 3 heteroatoms. The third-order valence-electron chi connectivity index (χ3n) is 4.09. The van der Waals surface area contributed by atoms with Crippen molar-refractivity contribution in [3.63, 3.8) is 0 Å². The van der Waals surface area contributed by atoms with Crippen LogP contribution in [0.2, 0.25) is 0 Å². The molecule has 4 rings (SSSR count). The Morgan fingerprint density at radius 2 is 1.08 bits per heavy atom. The molecule has 0 amide bonds. The van der Waals surface area contributed by atoms with E-state index in [1.54, 1.807) is 0 Å². The van der Waals surface area contributed by atoms with E-state index in [9.17, 15) is 0 Å². The van der Waals surface area contributed by atoms with Crippen molar-refractivity contribution in [3.8, 4) is 0 Å². The van der Waals surface area contributed by atoms with Crippen LogP contribution < -0.4 is 5.73 Å². The summed E-state index contributed by atoms with van der Waals surface area (Å²) in [6.45, 7) is 0. The molecule has 1 nitrogen and oxygen atoms in total. The van der Waals surface area contributed by atoms with Gasteiger partial charge in [-0.05, 0) is 56.3 Å². The Kier molecular flexibility index (Phi) is 4.46. The Labute approximate surface area is 125 Å². The molecule has 0 saturated heterocycles. The molecule has 0 heterocycles. The second-order valence-corrected chi connectivity index (χ2v) is 5.28. The van der Waals surface area contributed by atoms with Crippen molar-refractivity contribution < 1.29 is 0 Å². The number of rotatable bonds is 0. The molecule has 4 aliphatic rings. The molecule has 0 unspecified atom stereocenters. The van der Waals surface area contributed by atoms with Crippen molar-refractivity contribution in [3.05, 3.63) is 0 Å². The fourth-order valence-electron chi connectivity index (χ4n) is 4.18. The molecule has 4 aliphatic carbocycles. The molecule has 0 aromatic heterocycles. The average molecular weight is 199 g/mol. The zero-order valence-corrected chi connectivity index (χ0v) is 7.05. The SMILES string of the molecule is NC12CC3CC(CC(C3)C1)C2.[NaH].[NaH]. The third-order valence-corrected chi connectivity index (χ3v) is 4.09. The van der Waals surface area contributed by atoms with E-state index in [2.05, 4.69) is 0 Å². The van der Waals surface area contributed by atoms with Crippen LogP contribution >= 0.6 is 0 Å². The monoisotopic (exact) mass is 199 g/mol. The first-order valence-electron chi connectivity index (χ1n) is 5.02. The molecule has 0 aliphatic heterocycles. The Morgan fingerprint density at radius 3 is 1.31 bits per heavy atom. The molecule has 0 aromatic carbocycles. The van der Waals surface area contributed by atoms with E-state index in [4.69, 9.17) is 5.73 Å². The zero-order chi connectivity index (χ0) is 7.47. The van der Waals surface area contributed by atoms with Gasteiger partial charge in [-0.15, -0.1) is 0 Å². The van der Waals surface area contributed by atoms with Gasteiger partial charge in [0.05, 0.1) is 0 Å². The van der Waals surface area contributed by atoms with Crippen LogP contribution in [0.3, 0.4) is 0 Å². The van der Waals surface area contributed by atoms with Gasteiger partial charge in [0.2, 0.25) is 0 Å². The maximum absolute atomic E-state index is 6.32. The van der Waals surface area contributed by atoms with E-state index in [0.717, 1.165) is 17.8 Å². The van der Waals surface area contributed by atoms with Crippen molar-refractivity contribution in [2.45, 2.75) is 44.1 Å². The summed E-state index contributed by atoms with van der Waals surface area (Å²) in [4.78, 5) is 0. The summed E-state index contributed by atoms with van der Waals surface area (Å²) in [6, 6.07) is 0. The van der Waals surface area contributed by atoms with Crippen LogP contribution in [0.25, 0.3) is 0 Å². The molecule has 13 heavy (non-hydrogen) atoms. The molecule has 0 aromatic rings. The molecule has 66 valence electrons. The first-order valence-corrected chi connectivity index (χ1v) is 5.02. The van der Waals surface area contributed by atoms with Crippen molar-refractivity contribution in [2.24, 2.45) is 23.5 Å². The molecular weight excluding hydrogens is 180 g/mol. The second-order valence-electron chi connectivity index (χ2n) is 5.28. The Hall–Kier alpha value is 1.96. The van der Waals surface area contributed by atoms with Crippen molar-refractivity contribution >= 4 is 59.1 Å². The van der Waals surface area contributed by atoms with Gasteiger partial charge in [-0.25, -0.2) is 0 Å². The van der Waals surface area contributed by atoms with Crippen molar-refractivity contribution in [2.75, 3.05) is 0 Å². The van der Waals surface area contributed by atoms with E-state index >= 15 is 0 Å². The molecule has 2 N–H and O–H groups in total. The van der Waals surface area contributed by atoms with Gasteiger partial charge in [-0.3, -0.25) is 0 Å². The Morgan fingerprint density at radius 1 is 0.769 bits per heavy atom. The van der Waals surface area contributed by atoms with Gasteiger partial charge in [-0.2, -0.15) is 0 Å². The van der Waals surface area contributed by atoms with Gasteiger partial charge in [0.15, 0.2) is 0 Å². The normalized spacial score (nSPS) is 51.0. The Balaban J connectivity index is 0.000000422. The fraction of sp³-hybridized carbons (Fsp3) is 1.00. The minimum atomic E-state index is 0. The quantitative estimate of drug-likeness (QED) is 0.569. The second kappa shape index (κ2) is 4.45. The van der Waals surface area contributed by atoms with Gasteiger partial charge >= 0.3 is 59.1 Å². The van der Waals surface area contributed by atoms with Crippen LogP contribution in [-0.4, -0.2) is 64.7 Å². The molecule has 4 saturated carbocycles. The van der Waals surface area contributed by atoms with E-state index in [1.165, 1.54) is 38.5 Å². The predicted molar refractivity (Wildman–Crippen MR) is 59.4 cm³/mol. The van der Waals surface area contributed by atoms with Crippen LogP contribution in [0, 0.1) is 17.8 Å². The summed E-state index contributed by atoms with van der Waals surface area (Å²) >= 11 is 0. The fourth-order valence-corrected chi connectivity index (χ4v) is 4.18. The van der Waals surface area contributed by atoms with Gasteiger partial charge < -0.3 is 5.73 Å². The number of hydrogen-bond donors (Lipinski definition) is 1. The van der Waals surface area contributed by atoms with Crippen LogP contribution in [0.5, 0.6) is 0 Å². The minimum absolute atomic E-state index is 0. The van der Waals surface area contributed by atoms with Gasteiger partial charge in [0.25, 0.3) is 0 Å². The molecule has 4 bridgehead atoms. The van der Waals surface area contributed by atoms with Crippen molar-refractivity contribution in [1.29, 1.82) is 0 Å². The summed E-state index contributed by atoms with van der Waals surface area (Å²) in [5.74, 6) is 3.06. The molecular formula is C10H19NNa2. The number of hydrogen-bond acceptors (Lipinski definition) is 1. The topological polar surface area (TPSA) is 26.0 Å². The maximum atomic E-state index is 6.32. The van der Waals surface area contributed by atoms with Gasteiger partial charge in [-0.1, -0.05) is 0 Å². The van der Waals surface area contributed by atoms with E-state index in [-0.39, 0.29) is 59.1 Å². The van der Waals surface area contributed by atoms with Crippen LogP contribution in [0.4, 0.5) is 0 Å². The molecule has 0 atom stereocenters. The van der Waals surface area contributed by atoms with Crippen LogP contribution in [0.1, 0.15) is 38.5 Å². The zero-order valence-electron chi connectivity index (χ0n) is 7.05. The van der Waals surface area contributed by atoms with E-state index in [1.807, 2.05) is 0 Å². The van der Waals surface area contributed by atoms with Crippen molar-refractivity contribution in [1.82, 2.24) is 0 Å². The first kappa shape index (κ1) is 13.0. The van der Waals surface area contributed by atoms with Crippen LogP contribution in [0.15, 0.2) is 0 Å². The first-order chi connectivity index (χ1) is 5.23. The molecule has 0 radical (unpaired) electrons. The summed E-state index contributed by atoms with van der Waals surface area (Å²) < 4.78 is 0. The van der Waals surface area contributed by atoms with Crippen LogP contribution in [-0.2, 0) is 0 Å². The molecule has 4 fully saturated rings. The van der Waals surface area contributed by atoms with Gasteiger partial charge in [0, 0.05) is 5.54 Å². The summed E-state index contributed by atoms with van der Waals surface area (Å²) in [5.41, 5.74) is 6.62. The van der Waals surface area contributed by atoms with E-state index in [0.29, 0.717) is 5.54 Å². The summed E-state index contributed by atoms with van der Waals surface area (Å²) in [5, 5.41) is 0. The number of nitrogens with two attached hydrogens (primary N) is 1. The molecule has 0 spiro atoms. The average Bonchev–Trinajstić information content (AvgIpc) is 1.79.